The van der Waals surface area contributed by atoms with Gasteiger partial charge in [-0.15, -0.1) is 11.3 Å². The lowest BCUT2D eigenvalue weighted by Gasteiger charge is -2.25. The molecule has 0 saturated carbocycles. The number of carbonyl (C=O) groups excluding carboxylic acids is 1. The van der Waals surface area contributed by atoms with Gasteiger partial charge in [0.2, 0.25) is 5.91 Å². The van der Waals surface area contributed by atoms with Crippen LogP contribution >= 0.6 is 11.3 Å². The average molecular weight is 317 g/mol. The lowest BCUT2D eigenvalue weighted by molar-refractivity contribution is -0.132. The Morgan fingerprint density at radius 2 is 2.09 bits per heavy atom. The fraction of sp³-hybridized carbons (Fsp3) is 0.389. The molecule has 2 aromatic rings. The van der Waals surface area contributed by atoms with Crippen LogP contribution in [0.4, 0.5) is 4.39 Å². The first-order valence-electron chi connectivity index (χ1n) is 7.81. The third-order valence-electron chi connectivity index (χ3n) is 4.22. The van der Waals surface area contributed by atoms with E-state index in [1.807, 2.05) is 11.0 Å². The summed E-state index contributed by atoms with van der Waals surface area (Å²) in [5.41, 5.74) is 1.05. The van der Waals surface area contributed by atoms with Crippen LogP contribution in [-0.2, 0) is 11.2 Å². The van der Waals surface area contributed by atoms with Crippen molar-refractivity contribution >= 4 is 17.2 Å². The fourth-order valence-corrected chi connectivity index (χ4v) is 3.86. The van der Waals surface area contributed by atoms with Crippen LogP contribution in [0.2, 0.25) is 0 Å². The van der Waals surface area contributed by atoms with Crippen molar-refractivity contribution in [2.45, 2.75) is 38.1 Å². The highest BCUT2D eigenvalue weighted by Gasteiger charge is 2.29. The van der Waals surface area contributed by atoms with Crippen molar-refractivity contribution in [2.24, 2.45) is 0 Å². The van der Waals surface area contributed by atoms with Gasteiger partial charge in [0.25, 0.3) is 0 Å². The highest BCUT2D eigenvalue weighted by Crippen LogP contribution is 2.32. The summed E-state index contributed by atoms with van der Waals surface area (Å²) >= 11 is 1.75. The Labute approximate surface area is 134 Å². The van der Waals surface area contributed by atoms with Gasteiger partial charge in [-0.1, -0.05) is 18.2 Å². The van der Waals surface area contributed by atoms with Gasteiger partial charge in [-0.3, -0.25) is 4.79 Å². The molecule has 1 aromatic heterocycles. The van der Waals surface area contributed by atoms with Crippen LogP contribution in [-0.4, -0.2) is 17.4 Å². The summed E-state index contributed by atoms with van der Waals surface area (Å²) in [4.78, 5) is 15.8. The number of amides is 1. The second-order valence-corrected chi connectivity index (χ2v) is 6.76. The Balaban J connectivity index is 1.57. The molecular formula is C18H20FNOS. The maximum absolute atomic E-state index is 13.1. The van der Waals surface area contributed by atoms with Gasteiger partial charge < -0.3 is 4.90 Å². The molecule has 0 radical (unpaired) electrons. The molecule has 0 spiro atoms. The monoisotopic (exact) mass is 317 g/mol. The van der Waals surface area contributed by atoms with E-state index in [4.69, 9.17) is 0 Å². The lowest BCUT2D eigenvalue weighted by atomic mass is 10.0. The van der Waals surface area contributed by atoms with E-state index in [1.54, 1.807) is 23.5 Å². The van der Waals surface area contributed by atoms with Crippen molar-refractivity contribution in [2.75, 3.05) is 6.54 Å². The summed E-state index contributed by atoms with van der Waals surface area (Å²) in [7, 11) is 0. The van der Waals surface area contributed by atoms with Gasteiger partial charge in [0.1, 0.15) is 5.82 Å². The van der Waals surface area contributed by atoms with Crippen molar-refractivity contribution < 1.29 is 9.18 Å². The van der Waals surface area contributed by atoms with Crippen molar-refractivity contribution in [3.8, 4) is 0 Å². The molecular weight excluding hydrogens is 297 g/mol. The molecule has 3 rings (SSSR count). The summed E-state index contributed by atoms with van der Waals surface area (Å²) in [6, 6.07) is 10.9. The Morgan fingerprint density at radius 3 is 2.82 bits per heavy atom. The minimum absolute atomic E-state index is 0.120. The summed E-state index contributed by atoms with van der Waals surface area (Å²) in [5.74, 6) is -0.000970. The van der Waals surface area contributed by atoms with Gasteiger partial charge >= 0.3 is 0 Å². The predicted octanol–water partition coefficient (Wildman–Crippen LogP) is 4.57. The lowest BCUT2D eigenvalue weighted by Crippen LogP contribution is -2.30. The molecule has 1 unspecified atom stereocenters. The van der Waals surface area contributed by atoms with Crippen LogP contribution in [0.5, 0.6) is 0 Å². The van der Waals surface area contributed by atoms with Gasteiger partial charge in [-0.2, -0.15) is 0 Å². The molecule has 0 aliphatic carbocycles. The van der Waals surface area contributed by atoms with E-state index < -0.39 is 0 Å². The standard InChI is InChI=1S/C18H20FNOS/c19-15-10-8-14(9-11-15)17-6-2-12-20(17)18(21)7-1-4-16-5-3-13-22-16/h3,5,8-11,13,17H,1-2,4,6-7,12H2. The average Bonchev–Trinajstić information content (AvgIpc) is 3.19. The van der Waals surface area contributed by atoms with Crippen LogP contribution < -0.4 is 0 Å². The zero-order valence-corrected chi connectivity index (χ0v) is 13.3. The van der Waals surface area contributed by atoms with Crippen LogP contribution in [0.3, 0.4) is 0 Å². The van der Waals surface area contributed by atoms with Gasteiger partial charge in [0, 0.05) is 17.8 Å². The quantitative estimate of drug-likeness (QED) is 0.791. The zero-order chi connectivity index (χ0) is 15.4. The predicted molar refractivity (Wildman–Crippen MR) is 87.3 cm³/mol. The number of benzene rings is 1. The smallest absolute Gasteiger partial charge is 0.223 e. The number of carbonyl (C=O) groups is 1. The minimum atomic E-state index is -0.226. The number of aryl methyl sites for hydroxylation is 1. The molecule has 1 saturated heterocycles. The number of halogens is 1. The van der Waals surface area contributed by atoms with Crippen LogP contribution in [0.15, 0.2) is 41.8 Å². The minimum Gasteiger partial charge on any atom is -0.336 e. The molecule has 1 aromatic carbocycles. The number of hydrogen-bond donors (Lipinski definition) is 0. The zero-order valence-electron chi connectivity index (χ0n) is 12.5. The van der Waals surface area contributed by atoms with E-state index in [9.17, 15) is 9.18 Å². The number of hydrogen-bond acceptors (Lipinski definition) is 2. The molecule has 116 valence electrons. The highest BCUT2D eigenvalue weighted by molar-refractivity contribution is 7.09. The molecule has 1 amide bonds. The third-order valence-corrected chi connectivity index (χ3v) is 5.16. The summed E-state index contributed by atoms with van der Waals surface area (Å²) in [5, 5.41) is 2.07. The number of thiophene rings is 1. The molecule has 22 heavy (non-hydrogen) atoms. The maximum atomic E-state index is 13.1. The number of nitrogens with zero attached hydrogens (tertiary/aromatic N) is 1. The highest BCUT2D eigenvalue weighted by atomic mass is 32.1. The molecule has 0 N–H and O–H groups in total. The first kappa shape index (κ1) is 15.2. The summed E-state index contributed by atoms with van der Waals surface area (Å²) < 4.78 is 13.1. The normalized spacial score (nSPS) is 17.9. The number of likely N-dealkylation sites (tertiary alicyclic amines) is 1. The largest absolute Gasteiger partial charge is 0.336 e. The van der Waals surface area contributed by atoms with E-state index in [1.165, 1.54) is 17.0 Å². The van der Waals surface area contributed by atoms with E-state index in [-0.39, 0.29) is 17.8 Å². The Hall–Kier alpha value is -1.68. The maximum Gasteiger partial charge on any atom is 0.223 e. The van der Waals surface area contributed by atoms with Crippen molar-refractivity contribution in [3.05, 3.63) is 58.0 Å². The van der Waals surface area contributed by atoms with Gasteiger partial charge in [-0.25, -0.2) is 4.39 Å². The van der Waals surface area contributed by atoms with Gasteiger partial charge in [0.15, 0.2) is 0 Å². The number of rotatable bonds is 5. The van der Waals surface area contributed by atoms with Crippen LogP contribution in [0.1, 0.15) is 42.2 Å². The first-order chi connectivity index (χ1) is 10.7. The Kier molecular flexibility index (Phi) is 4.88. The molecule has 4 heteroatoms. The van der Waals surface area contributed by atoms with E-state index >= 15 is 0 Å². The Morgan fingerprint density at radius 1 is 1.27 bits per heavy atom. The molecule has 1 aliphatic rings. The van der Waals surface area contributed by atoms with Crippen LogP contribution in [0.25, 0.3) is 0 Å². The van der Waals surface area contributed by atoms with Crippen LogP contribution in [0, 0.1) is 5.82 Å². The second kappa shape index (κ2) is 7.05. The molecule has 2 nitrogen and oxygen atoms in total. The summed E-state index contributed by atoms with van der Waals surface area (Å²) in [6.07, 6.45) is 4.46. The molecule has 1 fully saturated rings. The fourth-order valence-electron chi connectivity index (χ4n) is 3.11. The van der Waals surface area contributed by atoms with Crippen molar-refractivity contribution in [1.82, 2.24) is 4.90 Å². The van der Waals surface area contributed by atoms with Gasteiger partial charge in [-0.05, 0) is 54.8 Å². The SMILES string of the molecule is O=C(CCCc1cccs1)N1CCCC1c1ccc(F)cc1. The summed E-state index contributed by atoms with van der Waals surface area (Å²) in [6.45, 7) is 0.819. The second-order valence-electron chi connectivity index (χ2n) is 5.73. The molecule has 0 bridgehead atoms. The Bertz CT molecular complexity index is 609. The molecule has 2 heterocycles. The van der Waals surface area contributed by atoms with Crippen molar-refractivity contribution in [3.63, 3.8) is 0 Å². The third kappa shape index (κ3) is 3.55. The van der Waals surface area contributed by atoms with E-state index in [2.05, 4.69) is 11.4 Å². The van der Waals surface area contributed by atoms with Gasteiger partial charge in [0.05, 0.1) is 6.04 Å². The topological polar surface area (TPSA) is 20.3 Å². The molecule has 1 aliphatic heterocycles. The first-order valence-corrected chi connectivity index (χ1v) is 8.69. The molecule has 1 atom stereocenters. The van der Waals surface area contributed by atoms with E-state index in [0.717, 1.165) is 37.8 Å². The van der Waals surface area contributed by atoms with Crippen molar-refractivity contribution in [1.29, 1.82) is 0 Å². The van der Waals surface area contributed by atoms with E-state index in [0.29, 0.717) is 6.42 Å².